The van der Waals surface area contributed by atoms with Crippen molar-refractivity contribution in [2.45, 2.75) is 25.7 Å². The average Bonchev–Trinajstić information content (AvgIpc) is 2.28. The number of hydrogen-bond acceptors (Lipinski definition) is 3. The van der Waals surface area contributed by atoms with Crippen molar-refractivity contribution in [3.63, 3.8) is 0 Å². The number of ether oxygens (including phenoxy) is 1. The number of aliphatic hydroxyl groups is 1. The van der Waals surface area contributed by atoms with Gasteiger partial charge in [-0.2, -0.15) is 13.2 Å². The van der Waals surface area contributed by atoms with Gasteiger partial charge in [-0.25, -0.2) is 0 Å². The lowest BCUT2D eigenvalue weighted by molar-refractivity contribution is -0.201. The van der Waals surface area contributed by atoms with Crippen LogP contribution in [0.3, 0.4) is 0 Å². The van der Waals surface area contributed by atoms with Crippen molar-refractivity contribution in [1.82, 2.24) is 5.32 Å². The van der Waals surface area contributed by atoms with Gasteiger partial charge in [0.25, 0.3) is 0 Å². The third-order valence-corrected chi connectivity index (χ3v) is 2.25. The fourth-order valence-electron chi connectivity index (χ4n) is 1.38. The normalized spacial score (nSPS) is 13.4. The molecule has 2 N–H and O–H groups in total. The Bertz CT molecular complexity index is 369. The van der Waals surface area contributed by atoms with Gasteiger partial charge in [0.05, 0.1) is 6.61 Å². The summed E-state index contributed by atoms with van der Waals surface area (Å²) in [5, 5.41) is 11.3. The molecule has 0 aromatic heterocycles. The lowest BCUT2D eigenvalue weighted by Crippen LogP contribution is -2.38. The molecule has 3 nitrogen and oxygen atoms in total. The molecule has 1 aromatic rings. The van der Waals surface area contributed by atoms with E-state index in [1.165, 1.54) is 0 Å². The molecule has 0 fully saturated rings. The van der Waals surface area contributed by atoms with Gasteiger partial charge in [0.1, 0.15) is 5.75 Å². The van der Waals surface area contributed by atoms with Gasteiger partial charge in [0.15, 0.2) is 6.10 Å². The quantitative estimate of drug-likeness (QED) is 0.826. The first kappa shape index (κ1) is 14.8. The summed E-state index contributed by atoms with van der Waals surface area (Å²) in [7, 11) is 0. The third kappa shape index (κ3) is 4.93. The van der Waals surface area contributed by atoms with E-state index in [-0.39, 0.29) is 6.54 Å². The summed E-state index contributed by atoms with van der Waals surface area (Å²) >= 11 is 0. The van der Waals surface area contributed by atoms with Gasteiger partial charge >= 0.3 is 6.18 Å². The number of halogens is 3. The lowest BCUT2D eigenvalue weighted by atomic mass is 10.2. The van der Waals surface area contributed by atoms with Crippen molar-refractivity contribution in [3.8, 4) is 5.75 Å². The van der Waals surface area contributed by atoms with Gasteiger partial charge < -0.3 is 15.2 Å². The van der Waals surface area contributed by atoms with Gasteiger partial charge in [0, 0.05) is 13.1 Å². The van der Waals surface area contributed by atoms with Crippen LogP contribution in [-0.2, 0) is 6.54 Å². The summed E-state index contributed by atoms with van der Waals surface area (Å²) in [5.41, 5.74) is 0.801. The zero-order chi connectivity index (χ0) is 13.6. The fourth-order valence-corrected chi connectivity index (χ4v) is 1.38. The van der Waals surface area contributed by atoms with Crippen LogP contribution in [0.2, 0.25) is 0 Å². The van der Waals surface area contributed by atoms with Crippen LogP contribution in [0.15, 0.2) is 24.3 Å². The van der Waals surface area contributed by atoms with E-state index in [9.17, 15) is 13.2 Å². The van der Waals surface area contributed by atoms with E-state index >= 15 is 0 Å². The van der Waals surface area contributed by atoms with Gasteiger partial charge in [0.2, 0.25) is 0 Å². The van der Waals surface area contributed by atoms with Gasteiger partial charge in [-0.1, -0.05) is 12.1 Å². The van der Waals surface area contributed by atoms with E-state index in [1.807, 2.05) is 6.92 Å². The van der Waals surface area contributed by atoms with E-state index in [2.05, 4.69) is 5.32 Å². The van der Waals surface area contributed by atoms with E-state index in [0.717, 1.165) is 5.56 Å². The predicted octanol–water partition coefficient (Wildman–Crippen LogP) is 2.10. The average molecular weight is 263 g/mol. The van der Waals surface area contributed by atoms with Crippen LogP contribution in [0, 0.1) is 0 Å². The maximum atomic E-state index is 12.0. The molecule has 6 heteroatoms. The molecule has 0 bridgehead atoms. The Morgan fingerprint density at radius 1 is 1.39 bits per heavy atom. The third-order valence-electron chi connectivity index (χ3n) is 2.25. The largest absolute Gasteiger partial charge is 0.494 e. The Morgan fingerprint density at radius 2 is 2.11 bits per heavy atom. The predicted molar refractivity (Wildman–Crippen MR) is 61.4 cm³/mol. The zero-order valence-electron chi connectivity index (χ0n) is 10.00. The molecule has 0 saturated heterocycles. The highest BCUT2D eigenvalue weighted by Crippen LogP contribution is 2.19. The molecule has 1 rings (SSSR count). The Balaban J connectivity index is 2.42. The SMILES string of the molecule is CCOc1cccc(CNCC(O)C(F)(F)F)c1. The number of benzene rings is 1. The highest BCUT2D eigenvalue weighted by Gasteiger charge is 2.37. The minimum atomic E-state index is -4.58. The standard InChI is InChI=1S/C12H16F3NO2/c1-2-18-10-5-3-4-9(6-10)7-16-8-11(17)12(13,14)15/h3-6,11,16-17H,2,7-8H2,1H3. The smallest absolute Gasteiger partial charge is 0.415 e. The highest BCUT2D eigenvalue weighted by molar-refractivity contribution is 5.28. The van der Waals surface area contributed by atoms with Gasteiger partial charge in [-0.15, -0.1) is 0 Å². The molecule has 0 saturated carbocycles. The topological polar surface area (TPSA) is 41.5 Å². The van der Waals surface area contributed by atoms with Gasteiger partial charge in [-0.05, 0) is 24.6 Å². The Kier molecular flexibility index (Phi) is 5.43. The maximum absolute atomic E-state index is 12.0. The Morgan fingerprint density at radius 3 is 2.72 bits per heavy atom. The van der Waals surface area contributed by atoms with Crippen molar-refractivity contribution in [2.24, 2.45) is 0 Å². The van der Waals surface area contributed by atoms with E-state index in [4.69, 9.17) is 9.84 Å². The number of nitrogens with one attached hydrogen (secondary N) is 1. The molecule has 0 radical (unpaired) electrons. The van der Waals surface area contributed by atoms with Crippen LogP contribution in [0.4, 0.5) is 13.2 Å². The van der Waals surface area contributed by atoms with Crippen LogP contribution in [0.1, 0.15) is 12.5 Å². The minimum Gasteiger partial charge on any atom is -0.494 e. The van der Waals surface area contributed by atoms with Gasteiger partial charge in [-0.3, -0.25) is 0 Å². The Hall–Kier alpha value is -1.27. The molecule has 0 heterocycles. The summed E-state index contributed by atoms with van der Waals surface area (Å²) in [4.78, 5) is 0. The molecule has 1 atom stereocenters. The molecule has 0 spiro atoms. The van der Waals surface area contributed by atoms with Crippen LogP contribution in [-0.4, -0.2) is 30.5 Å². The van der Waals surface area contributed by atoms with E-state index in [1.54, 1.807) is 24.3 Å². The van der Waals surface area contributed by atoms with Crippen LogP contribution in [0.25, 0.3) is 0 Å². The maximum Gasteiger partial charge on any atom is 0.415 e. The zero-order valence-corrected chi connectivity index (χ0v) is 10.00. The first-order chi connectivity index (χ1) is 8.43. The van der Waals surface area contributed by atoms with E-state index < -0.39 is 18.8 Å². The molecule has 0 aliphatic carbocycles. The van der Waals surface area contributed by atoms with Crippen molar-refractivity contribution in [2.75, 3.05) is 13.2 Å². The summed E-state index contributed by atoms with van der Waals surface area (Å²) in [6.07, 6.45) is -6.92. The molecule has 0 amide bonds. The van der Waals surface area contributed by atoms with E-state index in [0.29, 0.717) is 12.4 Å². The second kappa shape index (κ2) is 6.61. The summed E-state index contributed by atoms with van der Waals surface area (Å²) < 4.78 is 41.4. The van der Waals surface area contributed by atoms with Crippen molar-refractivity contribution in [1.29, 1.82) is 0 Å². The molecule has 18 heavy (non-hydrogen) atoms. The summed E-state index contributed by atoms with van der Waals surface area (Å²) in [6, 6.07) is 7.06. The monoisotopic (exact) mass is 263 g/mol. The fraction of sp³-hybridized carbons (Fsp3) is 0.500. The molecule has 1 unspecified atom stereocenters. The molecule has 0 aliphatic rings. The summed E-state index contributed by atoms with van der Waals surface area (Å²) in [6.45, 7) is 2.10. The molecular formula is C12H16F3NO2. The van der Waals surface area contributed by atoms with Crippen LogP contribution >= 0.6 is 0 Å². The van der Waals surface area contributed by atoms with Crippen molar-refractivity contribution < 1.29 is 23.0 Å². The number of hydrogen-bond donors (Lipinski definition) is 2. The number of alkyl halides is 3. The number of aliphatic hydroxyl groups excluding tert-OH is 1. The molecule has 1 aromatic carbocycles. The minimum absolute atomic E-state index is 0.244. The van der Waals surface area contributed by atoms with Crippen molar-refractivity contribution in [3.05, 3.63) is 29.8 Å². The first-order valence-corrected chi connectivity index (χ1v) is 5.60. The molecule has 0 aliphatic heterocycles. The Labute approximate surface area is 104 Å². The van der Waals surface area contributed by atoms with Crippen LogP contribution < -0.4 is 10.1 Å². The van der Waals surface area contributed by atoms with Crippen molar-refractivity contribution >= 4 is 0 Å². The highest BCUT2D eigenvalue weighted by atomic mass is 19.4. The van der Waals surface area contributed by atoms with Crippen LogP contribution in [0.5, 0.6) is 5.75 Å². The second-order valence-electron chi connectivity index (χ2n) is 3.77. The second-order valence-corrected chi connectivity index (χ2v) is 3.77. The number of rotatable bonds is 6. The first-order valence-electron chi connectivity index (χ1n) is 5.60. The lowest BCUT2D eigenvalue weighted by Gasteiger charge is -2.15. The summed E-state index contributed by atoms with van der Waals surface area (Å²) in [5.74, 6) is 0.674. The molecule has 102 valence electrons. The molecular weight excluding hydrogens is 247 g/mol.